The fraction of sp³-hybridized carbons (Fsp3) is 0.462. The topological polar surface area (TPSA) is 99.8 Å². The van der Waals surface area contributed by atoms with E-state index in [0.29, 0.717) is 6.54 Å². The minimum atomic E-state index is -0.807. The van der Waals surface area contributed by atoms with E-state index in [1.54, 1.807) is 12.3 Å². The number of nitrogens with two attached hydrogens (primary N) is 1. The van der Waals surface area contributed by atoms with E-state index in [9.17, 15) is 9.59 Å². The van der Waals surface area contributed by atoms with Gasteiger partial charge in [-0.1, -0.05) is 0 Å². The standard InChI is InChI=1S/C13H18N4O3/c14-13(20)11-8-10(2-3-15-11)17-5-1-4-16(6-7-17)9-12(18)19/h2-3,8H,1,4-7,9H2,(H2,14,20)(H,18,19). The molecular weight excluding hydrogens is 260 g/mol. The third kappa shape index (κ3) is 3.67. The SMILES string of the molecule is NC(=O)c1cc(N2CCCN(CC(=O)O)CC2)ccn1. The highest BCUT2D eigenvalue weighted by molar-refractivity contribution is 5.91. The van der Waals surface area contributed by atoms with E-state index in [2.05, 4.69) is 9.88 Å². The molecule has 1 saturated heterocycles. The Morgan fingerprint density at radius 1 is 1.30 bits per heavy atom. The number of nitrogens with zero attached hydrogens (tertiary/aromatic N) is 3. The minimum absolute atomic E-state index is 0.0662. The third-order valence-electron chi connectivity index (χ3n) is 3.31. The van der Waals surface area contributed by atoms with E-state index < -0.39 is 11.9 Å². The lowest BCUT2D eigenvalue weighted by Gasteiger charge is -2.23. The predicted molar refractivity (Wildman–Crippen MR) is 73.7 cm³/mol. The van der Waals surface area contributed by atoms with Crippen LogP contribution < -0.4 is 10.6 Å². The van der Waals surface area contributed by atoms with Gasteiger partial charge in [-0.2, -0.15) is 0 Å². The number of amides is 1. The second-order valence-corrected chi connectivity index (χ2v) is 4.77. The van der Waals surface area contributed by atoms with Gasteiger partial charge < -0.3 is 15.7 Å². The van der Waals surface area contributed by atoms with Crippen LogP contribution in [0.3, 0.4) is 0 Å². The Labute approximate surface area is 117 Å². The van der Waals surface area contributed by atoms with Crippen molar-refractivity contribution in [1.29, 1.82) is 0 Å². The number of hydrogen-bond donors (Lipinski definition) is 2. The first kappa shape index (κ1) is 14.3. The molecular formula is C13H18N4O3. The summed E-state index contributed by atoms with van der Waals surface area (Å²) in [6.07, 6.45) is 2.44. The van der Waals surface area contributed by atoms with Crippen LogP contribution in [0.1, 0.15) is 16.9 Å². The Hall–Kier alpha value is -2.15. The van der Waals surface area contributed by atoms with Gasteiger partial charge in [-0.3, -0.25) is 19.5 Å². The quantitative estimate of drug-likeness (QED) is 0.789. The number of primary amides is 1. The average Bonchev–Trinajstić information content (AvgIpc) is 2.64. The van der Waals surface area contributed by atoms with Crippen molar-refractivity contribution in [3.05, 3.63) is 24.0 Å². The zero-order valence-corrected chi connectivity index (χ0v) is 11.2. The molecule has 3 N–H and O–H groups in total. The summed E-state index contributed by atoms with van der Waals surface area (Å²) in [5.41, 5.74) is 6.37. The van der Waals surface area contributed by atoms with Gasteiger partial charge in [0.15, 0.2) is 0 Å². The maximum absolute atomic E-state index is 11.1. The van der Waals surface area contributed by atoms with Crippen molar-refractivity contribution in [2.75, 3.05) is 37.6 Å². The van der Waals surface area contributed by atoms with Crippen LogP contribution in [0.15, 0.2) is 18.3 Å². The number of carboxylic acids is 1. The van der Waals surface area contributed by atoms with E-state index in [-0.39, 0.29) is 12.2 Å². The first-order valence-electron chi connectivity index (χ1n) is 6.51. The molecule has 2 heterocycles. The minimum Gasteiger partial charge on any atom is -0.480 e. The van der Waals surface area contributed by atoms with Crippen molar-refractivity contribution >= 4 is 17.6 Å². The summed E-state index contributed by atoms with van der Waals surface area (Å²) in [4.78, 5) is 29.8. The van der Waals surface area contributed by atoms with Gasteiger partial charge in [0.25, 0.3) is 5.91 Å². The molecule has 0 radical (unpaired) electrons. The molecule has 7 heteroatoms. The molecule has 1 amide bonds. The first-order chi connectivity index (χ1) is 9.56. The van der Waals surface area contributed by atoms with Crippen LogP contribution >= 0.6 is 0 Å². The molecule has 0 aromatic carbocycles. The van der Waals surface area contributed by atoms with Crippen LogP contribution in [0.25, 0.3) is 0 Å². The molecule has 20 heavy (non-hydrogen) atoms. The Balaban J connectivity index is 2.04. The van der Waals surface area contributed by atoms with Crippen molar-refractivity contribution in [1.82, 2.24) is 9.88 Å². The number of hydrogen-bond acceptors (Lipinski definition) is 5. The van der Waals surface area contributed by atoms with Crippen LogP contribution in [0.4, 0.5) is 5.69 Å². The highest BCUT2D eigenvalue weighted by atomic mass is 16.4. The molecule has 1 aromatic heterocycles. The zero-order valence-electron chi connectivity index (χ0n) is 11.2. The fourth-order valence-electron chi connectivity index (χ4n) is 2.33. The summed E-state index contributed by atoms with van der Waals surface area (Å²) < 4.78 is 0. The Morgan fingerprint density at radius 3 is 2.80 bits per heavy atom. The second kappa shape index (κ2) is 6.33. The number of carboxylic acid groups (broad SMARTS) is 1. The van der Waals surface area contributed by atoms with Crippen molar-refractivity contribution in [3.63, 3.8) is 0 Å². The fourth-order valence-corrected chi connectivity index (χ4v) is 2.33. The lowest BCUT2D eigenvalue weighted by molar-refractivity contribution is -0.138. The molecule has 1 aromatic rings. The van der Waals surface area contributed by atoms with Crippen LogP contribution in [0.2, 0.25) is 0 Å². The Bertz CT molecular complexity index is 506. The van der Waals surface area contributed by atoms with Crippen molar-refractivity contribution in [2.45, 2.75) is 6.42 Å². The van der Waals surface area contributed by atoms with Gasteiger partial charge in [0.2, 0.25) is 0 Å². The molecule has 2 rings (SSSR count). The van der Waals surface area contributed by atoms with Crippen LogP contribution in [0.5, 0.6) is 0 Å². The number of rotatable bonds is 4. The van der Waals surface area contributed by atoms with E-state index in [1.807, 2.05) is 11.0 Å². The predicted octanol–water partition coefficient (Wildman–Crippen LogP) is -0.223. The number of carbonyl (C=O) groups is 2. The molecule has 1 fully saturated rings. The van der Waals surface area contributed by atoms with Gasteiger partial charge in [0.05, 0.1) is 6.54 Å². The van der Waals surface area contributed by atoms with E-state index in [4.69, 9.17) is 10.8 Å². The Morgan fingerprint density at radius 2 is 2.10 bits per heavy atom. The van der Waals surface area contributed by atoms with Gasteiger partial charge in [0, 0.05) is 38.1 Å². The maximum Gasteiger partial charge on any atom is 0.317 e. The summed E-state index contributed by atoms with van der Waals surface area (Å²) in [5.74, 6) is -1.35. The molecule has 0 atom stereocenters. The van der Waals surface area contributed by atoms with Gasteiger partial charge >= 0.3 is 5.97 Å². The summed E-state index contributed by atoms with van der Waals surface area (Å²) in [6.45, 7) is 3.04. The molecule has 1 aliphatic heterocycles. The Kier molecular flexibility index (Phi) is 4.52. The van der Waals surface area contributed by atoms with Crippen LogP contribution in [0, 0.1) is 0 Å². The normalized spacial score (nSPS) is 16.7. The van der Waals surface area contributed by atoms with Gasteiger partial charge in [-0.15, -0.1) is 0 Å². The first-order valence-corrected chi connectivity index (χ1v) is 6.51. The highest BCUT2D eigenvalue weighted by Crippen LogP contribution is 2.16. The largest absolute Gasteiger partial charge is 0.480 e. The zero-order chi connectivity index (χ0) is 14.5. The molecule has 1 aliphatic rings. The van der Waals surface area contributed by atoms with Gasteiger partial charge in [0.1, 0.15) is 5.69 Å². The van der Waals surface area contributed by atoms with Crippen molar-refractivity contribution < 1.29 is 14.7 Å². The third-order valence-corrected chi connectivity index (χ3v) is 3.31. The smallest absolute Gasteiger partial charge is 0.317 e. The lowest BCUT2D eigenvalue weighted by atomic mass is 10.2. The summed E-state index contributed by atoms with van der Waals surface area (Å²) >= 11 is 0. The van der Waals surface area contributed by atoms with Crippen molar-refractivity contribution in [2.24, 2.45) is 5.73 Å². The number of carbonyl (C=O) groups excluding carboxylic acids is 1. The lowest BCUT2D eigenvalue weighted by Crippen LogP contribution is -2.34. The summed E-state index contributed by atoms with van der Waals surface area (Å²) in [5, 5.41) is 8.82. The highest BCUT2D eigenvalue weighted by Gasteiger charge is 2.17. The van der Waals surface area contributed by atoms with Crippen LogP contribution in [-0.2, 0) is 4.79 Å². The van der Waals surface area contributed by atoms with Crippen molar-refractivity contribution in [3.8, 4) is 0 Å². The van der Waals surface area contributed by atoms with Gasteiger partial charge in [-0.05, 0) is 18.6 Å². The number of aromatic nitrogens is 1. The second-order valence-electron chi connectivity index (χ2n) is 4.77. The number of pyridine rings is 1. The number of aliphatic carboxylic acids is 1. The molecule has 0 saturated carbocycles. The monoisotopic (exact) mass is 278 g/mol. The molecule has 108 valence electrons. The molecule has 0 spiro atoms. The summed E-state index contributed by atoms with van der Waals surface area (Å²) in [7, 11) is 0. The number of anilines is 1. The molecule has 7 nitrogen and oxygen atoms in total. The maximum atomic E-state index is 11.1. The summed E-state index contributed by atoms with van der Waals surface area (Å²) in [6, 6.07) is 3.51. The molecule has 0 bridgehead atoms. The van der Waals surface area contributed by atoms with E-state index >= 15 is 0 Å². The van der Waals surface area contributed by atoms with Gasteiger partial charge in [-0.25, -0.2) is 0 Å². The van der Waals surface area contributed by atoms with E-state index in [0.717, 1.165) is 31.7 Å². The van der Waals surface area contributed by atoms with E-state index in [1.165, 1.54) is 0 Å². The molecule has 0 unspecified atom stereocenters. The average molecular weight is 278 g/mol. The van der Waals surface area contributed by atoms with Crippen LogP contribution in [-0.4, -0.2) is 59.6 Å². The molecule has 0 aliphatic carbocycles.